The van der Waals surface area contributed by atoms with Gasteiger partial charge in [-0.05, 0) is 49.1 Å². The lowest BCUT2D eigenvalue weighted by atomic mass is 10.1. The molecule has 0 spiro atoms. The van der Waals surface area contributed by atoms with Gasteiger partial charge in [0.2, 0.25) is 10.0 Å². The Labute approximate surface area is 146 Å². The van der Waals surface area contributed by atoms with Gasteiger partial charge in [0.1, 0.15) is 5.75 Å². The first kappa shape index (κ1) is 18.1. The van der Waals surface area contributed by atoms with Crippen molar-refractivity contribution in [2.24, 2.45) is 0 Å². The summed E-state index contributed by atoms with van der Waals surface area (Å²) in [5, 5.41) is 0.257. The number of thioether (sulfide) groups is 1. The van der Waals surface area contributed by atoms with Crippen molar-refractivity contribution in [3.05, 3.63) is 53.1 Å². The number of halogens is 1. The van der Waals surface area contributed by atoms with Crippen LogP contribution in [0.15, 0.2) is 52.3 Å². The standard InChI is InChI=1S/C16H18ClNO3S2/c1-11(12-4-6-13(22-3)7-5-12)18-23(19,20)14-8-9-16(21-2)15(17)10-14/h4-11,18H,1-3H3/t11-/m1/s1. The van der Waals surface area contributed by atoms with Gasteiger partial charge in [-0.1, -0.05) is 23.7 Å². The van der Waals surface area contributed by atoms with Gasteiger partial charge in [-0.2, -0.15) is 0 Å². The van der Waals surface area contributed by atoms with Crippen LogP contribution in [0.2, 0.25) is 5.02 Å². The van der Waals surface area contributed by atoms with E-state index in [1.165, 1.54) is 25.3 Å². The molecular weight excluding hydrogens is 354 g/mol. The van der Waals surface area contributed by atoms with E-state index in [0.717, 1.165) is 10.5 Å². The zero-order valence-electron chi connectivity index (χ0n) is 13.0. The predicted octanol–water partition coefficient (Wildman–Crippen LogP) is 4.11. The zero-order chi connectivity index (χ0) is 17.0. The second kappa shape index (κ2) is 7.57. The summed E-state index contributed by atoms with van der Waals surface area (Å²) >= 11 is 7.64. The Bertz CT molecular complexity index is 776. The summed E-state index contributed by atoms with van der Waals surface area (Å²) in [5.41, 5.74) is 0.894. The molecule has 2 rings (SSSR count). The fourth-order valence-corrected chi connectivity index (χ4v) is 4.06. The SMILES string of the molecule is COc1ccc(S(=O)(=O)N[C@H](C)c2ccc(SC)cc2)cc1Cl. The fourth-order valence-electron chi connectivity index (χ4n) is 2.08. The Morgan fingerprint density at radius 1 is 1.17 bits per heavy atom. The third-order valence-corrected chi connectivity index (χ3v) is 5.96. The van der Waals surface area contributed by atoms with Crippen LogP contribution in [0.5, 0.6) is 5.75 Å². The minimum absolute atomic E-state index is 0.107. The molecule has 0 aliphatic rings. The highest BCUT2D eigenvalue weighted by molar-refractivity contribution is 7.98. The van der Waals surface area contributed by atoms with Crippen molar-refractivity contribution in [3.63, 3.8) is 0 Å². The van der Waals surface area contributed by atoms with E-state index in [-0.39, 0.29) is 16.0 Å². The van der Waals surface area contributed by atoms with Gasteiger partial charge in [0, 0.05) is 10.9 Å². The minimum Gasteiger partial charge on any atom is -0.495 e. The first-order chi connectivity index (χ1) is 10.9. The van der Waals surface area contributed by atoms with Crippen LogP contribution in [0, 0.1) is 0 Å². The fraction of sp³-hybridized carbons (Fsp3) is 0.250. The highest BCUT2D eigenvalue weighted by atomic mass is 35.5. The molecule has 0 saturated heterocycles. The largest absolute Gasteiger partial charge is 0.495 e. The van der Waals surface area contributed by atoms with Gasteiger partial charge >= 0.3 is 0 Å². The van der Waals surface area contributed by atoms with Gasteiger partial charge in [-0.3, -0.25) is 0 Å². The van der Waals surface area contributed by atoms with Crippen LogP contribution >= 0.6 is 23.4 Å². The first-order valence-corrected chi connectivity index (χ1v) is 9.96. The van der Waals surface area contributed by atoms with Gasteiger partial charge in [0.15, 0.2) is 0 Å². The highest BCUT2D eigenvalue weighted by Crippen LogP contribution is 2.28. The quantitative estimate of drug-likeness (QED) is 0.776. The lowest BCUT2D eigenvalue weighted by molar-refractivity contribution is 0.414. The summed E-state index contributed by atoms with van der Waals surface area (Å²) < 4.78 is 32.6. The molecule has 2 aromatic carbocycles. The van der Waals surface area contributed by atoms with Gasteiger partial charge in [0.05, 0.1) is 17.0 Å². The number of hydrogen-bond donors (Lipinski definition) is 1. The van der Waals surface area contributed by atoms with Gasteiger partial charge in [0.25, 0.3) is 0 Å². The maximum atomic E-state index is 12.5. The molecule has 0 aliphatic carbocycles. The number of sulfonamides is 1. The van der Waals surface area contributed by atoms with Crippen molar-refractivity contribution in [2.45, 2.75) is 22.8 Å². The van der Waals surface area contributed by atoms with Crippen LogP contribution in [0.4, 0.5) is 0 Å². The predicted molar refractivity (Wildman–Crippen MR) is 95.0 cm³/mol. The molecule has 1 N–H and O–H groups in total. The van der Waals surface area contributed by atoms with E-state index in [1.54, 1.807) is 18.7 Å². The molecule has 0 saturated carbocycles. The van der Waals surface area contributed by atoms with Crippen molar-refractivity contribution in [3.8, 4) is 5.75 Å². The van der Waals surface area contributed by atoms with E-state index in [1.807, 2.05) is 30.5 Å². The normalized spacial score (nSPS) is 12.9. The maximum absolute atomic E-state index is 12.5. The second-order valence-electron chi connectivity index (χ2n) is 4.91. The van der Waals surface area contributed by atoms with Gasteiger partial charge < -0.3 is 4.74 Å². The van der Waals surface area contributed by atoms with Crippen molar-refractivity contribution in [2.75, 3.05) is 13.4 Å². The number of ether oxygens (including phenoxy) is 1. The Morgan fingerprint density at radius 2 is 1.83 bits per heavy atom. The number of benzene rings is 2. The molecule has 0 radical (unpaired) electrons. The molecule has 2 aromatic rings. The molecule has 0 fully saturated rings. The second-order valence-corrected chi connectivity index (χ2v) is 7.91. The lowest BCUT2D eigenvalue weighted by Crippen LogP contribution is -2.26. The third kappa shape index (κ3) is 4.41. The summed E-state index contributed by atoms with van der Waals surface area (Å²) in [4.78, 5) is 1.24. The zero-order valence-corrected chi connectivity index (χ0v) is 15.4. The van der Waals surface area contributed by atoms with E-state index in [0.29, 0.717) is 5.75 Å². The van der Waals surface area contributed by atoms with E-state index in [4.69, 9.17) is 16.3 Å². The highest BCUT2D eigenvalue weighted by Gasteiger charge is 2.19. The molecule has 4 nitrogen and oxygen atoms in total. The Balaban J connectivity index is 2.21. The topological polar surface area (TPSA) is 55.4 Å². The van der Waals surface area contributed by atoms with E-state index in [9.17, 15) is 8.42 Å². The number of nitrogens with one attached hydrogen (secondary N) is 1. The summed E-state index contributed by atoms with van der Waals surface area (Å²) in [6.45, 7) is 1.80. The minimum atomic E-state index is -3.67. The summed E-state index contributed by atoms with van der Waals surface area (Å²) in [6.07, 6.45) is 1.99. The van der Waals surface area contributed by atoms with Crippen LogP contribution in [-0.4, -0.2) is 21.8 Å². The Hall–Kier alpha value is -1.21. The number of rotatable bonds is 6. The molecule has 0 aromatic heterocycles. The van der Waals surface area contributed by atoms with Crippen molar-refractivity contribution in [1.29, 1.82) is 0 Å². The van der Waals surface area contributed by atoms with E-state index < -0.39 is 10.0 Å². The van der Waals surface area contributed by atoms with Crippen molar-refractivity contribution >= 4 is 33.4 Å². The molecule has 0 aliphatic heterocycles. The molecule has 0 bridgehead atoms. The van der Waals surface area contributed by atoms with Crippen molar-refractivity contribution < 1.29 is 13.2 Å². The number of methoxy groups -OCH3 is 1. The molecule has 0 heterocycles. The van der Waals surface area contributed by atoms with Crippen LogP contribution in [-0.2, 0) is 10.0 Å². The monoisotopic (exact) mass is 371 g/mol. The van der Waals surface area contributed by atoms with Crippen LogP contribution in [0.25, 0.3) is 0 Å². The molecule has 0 amide bonds. The molecule has 0 unspecified atom stereocenters. The van der Waals surface area contributed by atoms with Crippen LogP contribution in [0.1, 0.15) is 18.5 Å². The lowest BCUT2D eigenvalue weighted by Gasteiger charge is -2.15. The van der Waals surface area contributed by atoms with E-state index in [2.05, 4.69) is 4.72 Å². The maximum Gasteiger partial charge on any atom is 0.241 e. The number of hydrogen-bond acceptors (Lipinski definition) is 4. The third-order valence-electron chi connectivity index (χ3n) is 3.38. The molecule has 1 atom stereocenters. The summed E-state index contributed by atoms with van der Waals surface area (Å²) in [7, 11) is -2.19. The molecule has 23 heavy (non-hydrogen) atoms. The Kier molecular flexibility index (Phi) is 5.97. The van der Waals surface area contributed by atoms with Crippen LogP contribution < -0.4 is 9.46 Å². The summed E-state index contributed by atoms with van der Waals surface area (Å²) in [6, 6.07) is 11.8. The van der Waals surface area contributed by atoms with Gasteiger partial charge in [-0.25, -0.2) is 13.1 Å². The molecule has 124 valence electrons. The summed E-state index contributed by atoms with van der Waals surface area (Å²) in [5.74, 6) is 0.436. The van der Waals surface area contributed by atoms with Crippen molar-refractivity contribution in [1.82, 2.24) is 4.72 Å². The average molecular weight is 372 g/mol. The van der Waals surface area contributed by atoms with E-state index >= 15 is 0 Å². The van der Waals surface area contributed by atoms with Gasteiger partial charge in [-0.15, -0.1) is 11.8 Å². The molecule has 7 heteroatoms. The Morgan fingerprint density at radius 3 is 2.35 bits per heavy atom. The average Bonchev–Trinajstić information content (AvgIpc) is 2.54. The smallest absolute Gasteiger partial charge is 0.241 e. The molecular formula is C16H18ClNO3S2. The van der Waals surface area contributed by atoms with Crippen LogP contribution in [0.3, 0.4) is 0 Å². The first-order valence-electron chi connectivity index (χ1n) is 6.87.